The molecular weight excluding hydrogens is 492 g/mol. The van der Waals surface area contributed by atoms with Gasteiger partial charge in [-0.2, -0.15) is 13.2 Å². The number of hydrogen-bond donors (Lipinski definition) is 2. The van der Waals surface area contributed by atoms with Gasteiger partial charge in [-0.05, 0) is 18.6 Å². The topological polar surface area (TPSA) is 58.5 Å². The molecule has 0 fully saturated rings. The third-order valence-corrected chi connectivity index (χ3v) is 4.60. The lowest BCUT2D eigenvalue weighted by Crippen LogP contribution is -2.42. The second kappa shape index (κ2) is 9.58. The Kier molecular flexibility index (Phi) is 7.71. The highest BCUT2D eigenvalue weighted by molar-refractivity contribution is 14.0. The quantitative estimate of drug-likeness (QED) is 0.363. The van der Waals surface area contributed by atoms with Gasteiger partial charge in [-0.25, -0.2) is 9.98 Å². The van der Waals surface area contributed by atoms with Gasteiger partial charge in [0.05, 0.1) is 13.1 Å². The number of fused-ring (bicyclic) bond motifs is 1. The van der Waals surface area contributed by atoms with E-state index in [1.807, 2.05) is 31.2 Å². The number of rotatable bonds is 5. The Labute approximate surface area is 176 Å². The van der Waals surface area contributed by atoms with Crippen molar-refractivity contribution in [1.82, 2.24) is 15.6 Å². The number of aromatic nitrogens is 1. The predicted octanol–water partition coefficient (Wildman–Crippen LogP) is 3.84. The second-order valence-electron chi connectivity index (χ2n) is 5.75. The Morgan fingerprint density at radius 2 is 2.11 bits per heavy atom. The van der Waals surface area contributed by atoms with Gasteiger partial charge in [-0.1, -0.05) is 18.2 Å². The molecule has 1 aromatic heterocycles. The van der Waals surface area contributed by atoms with Gasteiger partial charge < -0.3 is 15.4 Å². The number of hydrogen-bond acceptors (Lipinski definition) is 4. The number of guanidine groups is 1. The summed E-state index contributed by atoms with van der Waals surface area (Å²) in [6, 6.07) is 7.89. The van der Waals surface area contributed by atoms with Gasteiger partial charge in [-0.15, -0.1) is 35.3 Å². The molecule has 0 saturated carbocycles. The largest absolute Gasteiger partial charge is 0.488 e. The van der Waals surface area contributed by atoms with Crippen molar-refractivity contribution in [2.45, 2.75) is 32.2 Å². The Hall–Kier alpha value is -1.56. The standard InChI is InChI=1S/C17H19F3N4OS.HI/c1-2-21-16(23-9-15-24-14(10-26-15)17(18,19)20)22-8-12-7-11-5-3-4-6-13(11)25-12;/h3-6,10,12H,2,7-9H2,1H3,(H2,21,22,23);1H. The first-order valence-electron chi connectivity index (χ1n) is 8.24. The van der Waals surface area contributed by atoms with Crippen molar-refractivity contribution in [2.75, 3.05) is 13.1 Å². The molecule has 1 atom stereocenters. The number of nitrogens with zero attached hydrogens (tertiary/aromatic N) is 2. The number of thiazole rings is 1. The van der Waals surface area contributed by atoms with E-state index >= 15 is 0 Å². The highest BCUT2D eigenvalue weighted by Crippen LogP contribution is 2.30. The summed E-state index contributed by atoms with van der Waals surface area (Å²) in [4.78, 5) is 7.89. The van der Waals surface area contributed by atoms with Gasteiger partial charge in [0, 0.05) is 18.3 Å². The second-order valence-corrected chi connectivity index (χ2v) is 6.69. The normalized spacial score (nSPS) is 16.3. The molecule has 10 heteroatoms. The molecule has 3 rings (SSSR count). The van der Waals surface area contributed by atoms with E-state index in [0.717, 1.165) is 28.9 Å². The van der Waals surface area contributed by atoms with E-state index in [2.05, 4.69) is 20.6 Å². The van der Waals surface area contributed by atoms with E-state index in [1.165, 1.54) is 5.56 Å². The Morgan fingerprint density at radius 1 is 1.33 bits per heavy atom. The first-order valence-corrected chi connectivity index (χ1v) is 9.12. The maximum atomic E-state index is 12.6. The molecule has 0 bridgehead atoms. The molecular formula is C17H20F3IN4OS. The third-order valence-electron chi connectivity index (χ3n) is 3.77. The highest BCUT2D eigenvalue weighted by atomic mass is 127. The smallest absolute Gasteiger partial charge is 0.434 e. The van der Waals surface area contributed by atoms with Gasteiger partial charge in [0.25, 0.3) is 0 Å². The van der Waals surface area contributed by atoms with E-state index < -0.39 is 11.9 Å². The van der Waals surface area contributed by atoms with Gasteiger partial charge in [0.15, 0.2) is 11.7 Å². The summed E-state index contributed by atoms with van der Waals surface area (Å²) in [5.74, 6) is 1.42. The Balaban J connectivity index is 0.00000261. The first kappa shape index (κ1) is 21.7. The summed E-state index contributed by atoms with van der Waals surface area (Å²) >= 11 is 0.953. The molecule has 2 heterocycles. The van der Waals surface area contributed by atoms with Crippen LogP contribution in [-0.4, -0.2) is 30.1 Å². The van der Waals surface area contributed by atoms with Crippen LogP contribution in [0, 0.1) is 0 Å². The summed E-state index contributed by atoms with van der Waals surface area (Å²) in [6.45, 7) is 3.20. The molecule has 1 unspecified atom stereocenters. The number of alkyl halides is 3. The molecule has 2 N–H and O–H groups in total. The number of aliphatic imine (C=N–C) groups is 1. The molecule has 27 heavy (non-hydrogen) atoms. The average Bonchev–Trinajstić information content (AvgIpc) is 3.23. The Bertz CT molecular complexity index is 757. The number of para-hydroxylation sites is 1. The number of benzene rings is 1. The van der Waals surface area contributed by atoms with Gasteiger partial charge in [-0.3, -0.25) is 0 Å². The van der Waals surface area contributed by atoms with Crippen LogP contribution in [0.5, 0.6) is 5.75 Å². The molecule has 0 spiro atoms. The van der Waals surface area contributed by atoms with Crippen molar-refractivity contribution in [3.63, 3.8) is 0 Å². The molecule has 0 radical (unpaired) electrons. The summed E-state index contributed by atoms with van der Waals surface area (Å²) < 4.78 is 43.6. The lowest BCUT2D eigenvalue weighted by atomic mass is 10.1. The molecule has 0 saturated heterocycles. The molecule has 2 aromatic rings. The maximum Gasteiger partial charge on any atom is 0.434 e. The van der Waals surface area contributed by atoms with Crippen LogP contribution in [0.3, 0.4) is 0 Å². The van der Waals surface area contributed by atoms with Crippen molar-refractivity contribution in [3.05, 3.63) is 45.9 Å². The van der Waals surface area contributed by atoms with Crippen LogP contribution >= 0.6 is 35.3 Å². The minimum absolute atomic E-state index is 0. The monoisotopic (exact) mass is 512 g/mol. The van der Waals surface area contributed by atoms with Crippen LogP contribution in [-0.2, 0) is 19.1 Å². The minimum atomic E-state index is -4.42. The van der Waals surface area contributed by atoms with Gasteiger partial charge >= 0.3 is 6.18 Å². The third kappa shape index (κ3) is 5.96. The van der Waals surface area contributed by atoms with Crippen molar-refractivity contribution in [3.8, 4) is 5.75 Å². The fourth-order valence-corrected chi connectivity index (χ4v) is 3.30. The van der Waals surface area contributed by atoms with Crippen LogP contribution < -0.4 is 15.4 Å². The summed E-state index contributed by atoms with van der Waals surface area (Å²) in [6.07, 6.45) is -3.62. The van der Waals surface area contributed by atoms with Crippen molar-refractivity contribution >= 4 is 41.3 Å². The van der Waals surface area contributed by atoms with Crippen LogP contribution in [0.2, 0.25) is 0 Å². The molecule has 5 nitrogen and oxygen atoms in total. The number of nitrogens with one attached hydrogen (secondary N) is 2. The summed E-state index contributed by atoms with van der Waals surface area (Å²) in [7, 11) is 0. The van der Waals surface area contributed by atoms with E-state index in [-0.39, 0.29) is 36.6 Å². The zero-order chi connectivity index (χ0) is 18.6. The van der Waals surface area contributed by atoms with Gasteiger partial charge in [0.2, 0.25) is 0 Å². The summed E-state index contributed by atoms with van der Waals surface area (Å²) in [5, 5.41) is 7.57. The van der Waals surface area contributed by atoms with E-state index in [0.29, 0.717) is 24.1 Å². The van der Waals surface area contributed by atoms with Gasteiger partial charge in [0.1, 0.15) is 16.9 Å². The fraction of sp³-hybridized carbons (Fsp3) is 0.412. The minimum Gasteiger partial charge on any atom is -0.488 e. The molecule has 1 aromatic carbocycles. The molecule has 1 aliphatic heterocycles. The van der Waals surface area contributed by atoms with E-state index in [4.69, 9.17) is 4.74 Å². The van der Waals surface area contributed by atoms with Crippen molar-refractivity contribution in [1.29, 1.82) is 0 Å². The lowest BCUT2D eigenvalue weighted by Gasteiger charge is -2.15. The maximum absolute atomic E-state index is 12.6. The SMILES string of the molecule is CCNC(=NCc1nc(C(F)(F)F)cs1)NCC1Cc2ccccc2O1.I. The van der Waals surface area contributed by atoms with Crippen molar-refractivity contribution in [2.24, 2.45) is 4.99 Å². The van der Waals surface area contributed by atoms with Crippen LogP contribution in [0.1, 0.15) is 23.2 Å². The first-order chi connectivity index (χ1) is 12.5. The van der Waals surface area contributed by atoms with Crippen molar-refractivity contribution < 1.29 is 17.9 Å². The lowest BCUT2D eigenvalue weighted by molar-refractivity contribution is -0.140. The van der Waals surface area contributed by atoms with Crippen LogP contribution in [0.25, 0.3) is 0 Å². The molecule has 0 amide bonds. The number of ether oxygens (including phenoxy) is 1. The van der Waals surface area contributed by atoms with Crippen LogP contribution in [0.15, 0.2) is 34.6 Å². The van der Waals surface area contributed by atoms with E-state index in [1.54, 1.807) is 0 Å². The molecule has 0 aliphatic carbocycles. The number of halogens is 4. The predicted molar refractivity (Wildman–Crippen MR) is 110 cm³/mol. The highest BCUT2D eigenvalue weighted by Gasteiger charge is 2.33. The summed E-state index contributed by atoms with van der Waals surface area (Å²) in [5.41, 5.74) is 0.298. The molecule has 1 aliphatic rings. The Morgan fingerprint density at radius 3 is 2.78 bits per heavy atom. The molecule has 148 valence electrons. The van der Waals surface area contributed by atoms with Crippen LogP contribution in [0.4, 0.5) is 13.2 Å². The van der Waals surface area contributed by atoms with E-state index in [9.17, 15) is 13.2 Å². The average molecular weight is 512 g/mol. The fourth-order valence-electron chi connectivity index (χ4n) is 2.58. The zero-order valence-electron chi connectivity index (χ0n) is 14.5. The zero-order valence-corrected chi connectivity index (χ0v) is 17.7.